The van der Waals surface area contributed by atoms with E-state index in [0.29, 0.717) is 0 Å². The zero-order valence-electron chi connectivity index (χ0n) is 16.2. The first-order valence-electron chi connectivity index (χ1n) is 7.81. The fourth-order valence-corrected chi connectivity index (χ4v) is 2.93. The van der Waals surface area contributed by atoms with E-state index in [1.807, 2.05) is 0 Å². The molecule has 0 amide bonds. The molecule has 0 aliphatic carbocycles. The Hall–Kier alpha value is -0.200. The Bertz CT molecular complexity index is 660. The number of hydrogen-bond donors (Lipinski definition) is 0. The lowest BCUT2D eigenvalue weighted by atomic mass is 9.88. The minimum Gasteiger partial charge on any atom is -0.361 e. The van der Waals surface area contributed by atoms with Gasteiger partial charge in [0.25, 0.3) is 9.16 Å². The minimum absolute atomic E-state index is 0.118. The Kier molecular flexibility index (Phi) is 8.11. The predicted molar refractivity (Wildman–Crippen MR) is 86.7 cm³/mol. The van der Waals surface area contributed by atoms with Crippen LogP contribution in [-0.2, 0) is 4.74 Å². The summed E-state index contributed by atoms with van der Waals surface area (Å²) in [7, 11) is 0. The summed E-state index contributed by atoms with van der Waals surface area (Å²) in [6.45, 7) is -0.472. The summed E-state index contributed by atoms with van der Waals surface area (Å²) in [4.78, 5) is 0. The molecule has 0 aromatic rings. The van der Waals surface area contributed by atoms with Crippen molar-refractivity contribution in [1.29, 1.82) is 0 Å². The molecule has 0 N–H and O–H groups in total. The first-order valence-corrected chi connectivity index (χ1v) is 9.40. The molecule has 0 heterocycles. The third kappa shape index (κ3) is 4.67. The van der Waals surface area contributed by atoms with E-state index in [1.165, 1.54) is 31.9 Å². The molecule has 0 aliphatic heterocycles. The summed E-state index contributed by atoms with van der Waals surface area (Å²) in [6.07, 6.45) is -14.2. The molecular formula is C14H12Br2F16O. The van der Waals surface area contributed by atoms with Crippen molar-refractivity contribution in [3.63, 3.8) is 0 Å². The van der Waals surface area contributed by atoms with Gasteiger partial charge in [-0.05, 0) is 59.6 Å². The average Bonchev–Trinajstić information content (AvgIpc) is 2.50. The van der Waals surface area contributed by atoms with Crippen LogP contribution in [0.3, 0.4) is 0 Å². The summed E-state index contributed by atoms with van der Waals surface area (Å²) in [5, 5.41) is 0. The van der Waals surface area contributed by atoms with Crippen LogP contribution in [0.15, 0.2) is 0 Å². The van der Waals surface area contributed by atoms with Crippen molar-refractivity contribution >= 4 is 31.9 Å². The van der Waals surface area contributed by atoms with Crippen LogP contribution in [0.1, 0.15) is 27.7 Å². The third-order valence-electron chi connectivity index (χ3n) is 4.31. The van der Waals surface area contributed by atoms with E-state index >= 15 is 0 Å². The maximum atomic E-state index is 14.7. The van der Waals surface area contributed by atoms with Crippen LogP contribution in [-0.4, -0.2) is 56.4 Å². The van der Waals surface area contributed by atoms with Gasteiger partial charge >= 0.3 is 36.0 Å². The summed E-state index contributed by atoms with van der Waals surface area (Å²) in [5.41, 5.74) is -7.88. The summed E-state index contributed by atoms with van der Waals surface area (Å²) in [5.74, 6) is -28.0. The smallest absolute Gasteiger partial charge is 0.361 e. The molecule has 0 spiro atoms. The van der Waals surface area contributed by atoms with Gasteiger partial charge in [0.2, 0.25) is 0 Å². The van der Waals surface area contributed by atoms with Crippen LogP contribution in [0, 0.1) is 0 Å². The van der Waals surface area contributed by atoms with Gasteiger partial charge in [-0.3, -0.25) is 0 Å². The highest BCUT2D eigenvalue weighted by Crippen LogP contribution is 2.62. The van der Waals surface area contributed by atoms with Crippen molar-refractivity contribution in [1.82, 2.24) is 0 Å². The molecule has 0 saturated carbocycles. The van der Waals surface area contributed by atoms with Crippen molar-refractivity contribution < 1.29 is 75.0 Å². The monoisotopic (exact) mass is 658 g/mol. The van der Waals surface area contributed by atoms with Crippen molar-refractivity contribution in [3.05, 3.63) is 0 Å². The lowest BCUT2D eigenvalue weighted by Gasteiger charge is -2.50. The largest absolute Gasteiger partial charge is 0.460 e. The number of halogens is 18. The van der Waals surface area contributed by atoms with Crippen LogP contribution in [0.5, 0.6) is 0 Å². The minimum atomic E-state index is -7.17. The quantitative estimate of drug-likeness (QED) is 0.188. The molecule has 0 bridgehead atoms. The highest BCUT2D eigenvalue weighted by atomic mass is 79.9. The van der Waals surface area contributed by atoms with Gasteiger partial charge < -0.3 is 4.74 Å². The standard InChI is InChI=1S/C14H12Br2F16O/c1-5(2,7(15,17)9(19,20)11(23,24)13(27,28)29)33-6(3,4)8(16,18)10(21,22)12(25,26)14(30,31)32/h1-4H3. The topological polar surface area (TPSA) is 9.23 Å². The van der Waals surface area contributed by atoms with Crippen LogP contribution >= 0.6 is 31.9 Å². The zero-order valence-corrected chi connectivity index (χ0v) is 19.4. The molecule has 0 saturated heterocycles. The van der Waals surface area contributed by atoms with Gasteiger partial charge in [-0.2, -0.15) is 61.5 Å². The van der Waals surface area contributed by atoms with Gasteiger partial charge in [-0.25, -0.2) is 8.78 Å². The average molecular weight is 660 g/mol. The predicted octanol–water partition coefficient (Wildman–Crippen LogP) is 8.35. The highest BCUT2D eigenvalue weighted by Gasteiger charge is 2.86. The second kappa shape index (κ2) is 8.16. The summed E-state index contributed by atoms with van der Waals surface area (Å²) >= 11 is 2.44. The van der Waals surface area contributed by atoms with Gasteiger partial charge in [-0.15, -0.1) is 0 Å². The molecule has 0 fully saturated rings. The zero-order chi connectivity index (χ0) is 27.7. The third-order valence-corrected chi connectivity index (χ3v) is 7.22. The van der Waals surface area contributed by atoms with Gasteiger partial charge in [0, 0.05) is 0 Å². The molecule has 33 heavy (non-hydrogen) atoms. The molecule has 0 aliphatic rings. The lowest BCUT2D eigenvalue weighted by molar-refractivity contribution is -0.393. The number of ether oxygens (including phenoxy) is 1. The van der Waals surface area contributed by atoms with E-state index in [-0.39, 0.29) is 27.7 Å². The van der Waals surface area contributed by atoms with Crippen molar-refractivity contribution in [3.8, 4) is 0 Å². The molecule has 0 aromatic carbocycles. The van der Waals surface area contributed by atoms with Crippen LogP contribution in [0.2, 0.25) is 0 Å². The van der Waals surface area contributed by atoms with E-state index in [0.717, 1.165) is 0 Å². The Morgan fingerprint density at radius 3 is 0.727 bits per heavy atom. The maximum Gasteiger partial charge on any atom is 0.460 e. The van der Waals surface area contributed by atoms with Gasteiger partial charge in [0.05, 0.1) is 0 Å². The summed E-state index contributed by atoms with van der Waals surface area (Å²) in [6, 6.07) is 0. The van der Waals surface area contributed by atoms with E-state index in [2.05, 4.69) is 4.74 Å². The first kappa shape index (κ1) is 32.8. The van der Waals surface area contributed by atoms with Crippen molar-refractivity contribution in [2.45, 2.75) is 84.1 Å². The molecule has 2 atom stereocenters. The molecule has 1 nitrogen and oxygen atoms in total. The molecular weight excluding hydrogens is 648 g/mol. The van der Waals surface area contributed by atoms with Crippen LogP contribution < -0.4 is 0 Å². The Labute approximate surface area is 191 Å². The van der Waals surface area contributed by atoms with E-state index in [9.17, 15) is 70.2 Å². The van der Waals surface area contributed by atoms with E-state index in [1.54, 1.807) is 0 Å². The SMILES string of the molecule is CC(C)(OC(C)(C)C(F)(Br)C(F)(F)C(F)(F)C(F)(F)F)C(F)(Br)C(F)(F)C(F)(F)C(F)(F)F. The Morgan fingerprint density at radius 1 is 0.394 bits per heavy atom. The Balaban J connectivity index is 6.59. The van der Waals surface area contributed by atoms with E-state index in [4.69, 9.17) is 0 Å². The molecule has 0 aromatic heterocycles. The van der Waals surface area contributed by atoms with Crippen molar-refractivity contribution in [2.24, 2.45) is 0 Å². The molecule has 2 unspecified atom stereocenters. The first-order chi connectivity index (χ1) is 13.7. The molecule has 200 valence electrons. The lowest BCUT2D eigenvalue weighted by Crippen LogP contribution is -2.71. The van der Waals surface area contributed by atoms with Gasteiger partial charge in [0.1, 0.15) is 11.2 Å². The normalized spacial score (nSPS) is 19.8. The van der Waals surface area contributed by atoms with Crippen LogP contribution in [0.4, 0.5) is 70.2 Å². The fraction of sp³-hybridized carbons (Fsp3) is 1.00. The van der Waals surface area contributed by atoms with Gasteiger partial charge in [0.15, 0.2) is 0 Å². The summed E-state index contributed by atoms with van der Waals surface area (Å²) < 4.78 is 206. The number of rotatable bonds is 8. The van der Waals surface area contributed by atoms with Crippen molar-refractivity contribution in [2.75, 3.05) is 0 Å². The Morgan fingerprint density at radius 2 is 0.576 bits per heavy atom. The molecule has 0 radical (unpaired) electrons. The van der Waals surface area contributed by atoms with Crippen LogP contribution in [0.25, 0.3) is 0 Å². The fourth-order valence-electron chi connectivity index (χ4n) is 2.27. The molecule has 19 heteroatoms. The number of hydrogen-bond acceptors (Lipinski definition) is 1. The van der Waals surface area contributed by atoms with Gasteiger partial charge in [-0.1, -0.05) is 0 Å². The second-order valence-electron chi connectivity index (χ2n) is 7.56. The maximum absolute atomic E-state index is 14.7. The second-order valence-corrected chi connectivity index (χ2v) is 9.75. The van der Waals surface area contributed by atoms with E-state index < -0.39 is 56.4 Å². The molecule has 0 rings (SSSR count). The highest BCUT2D eigenvalue weighted by molar-refractivity contribution is 9.10. The number of alkyl halides is 18.